The summed E-state index contributed by atoms with van der Waals surface area (Å²) in [5, 5.41) is 6.04. The number of anilines is 1. The molecule has 0 unspecified atom stereocenters. The van der Waals surface area contributed by atoms with Crippen molar-refractivity contribution >= 4 is 50.7 Å². The maximum Gasteiger partial charge on any atom is 0.254 e. The predicted octanol–water partition coefficient (Wildman–Crippen LogP) is 4.24. The van der Waals surface area contributed by atoms with Crippen LogP contribution in [0.5, 0.6) is 0 Å². The van der Waals surface area contributed by atoms with Crippen molar-refractivity contribution in [2.24, 2.45) is 0 Å². The molecule has 3 aromatic carbocycles. The summed E-state index contributed by atoms with van der Waals surface area (Å²) in [6.07, 6.45) is 1.07. The Morgan fingerprint density at radius 3 is 1.98 bits per heavy atom. The molecular weight excluding hydrogens is 578 g/mol. The first-order chi connectivity index (χ1) is 18.9. The second-order valence-corrected chi connectivity index (χ2v) is 12.4. The zero-order valence-electron chi connectivity index (χ0n) is 22.1. The minimum Gasteiger partial charge on any atom is -0.357 e. The third kappa shape index (κ3) is 6.58. The van der Waals surface area contributed by atoms with E-state index in [4.69, 9.17) is 23.2 Å². The highest BCUT2D eigenvalue weighted by Gasteiger charge is 2.41. The standard InChI is InChI=1S/C28H29Cl2FN4O4S/c1-17(27(36)32-2)33-28(37)24-14-22(12-13-25(24)31)35(40(3,38)39)23-15-34(16-23)26(18-4-8-20(29)9-5-18)19-6-10-21(30)11-7-19/h4-14,17,23,26H,15-16H2,1-3H3,(H,32,36)(H,33,37)/t17-/m0/s1. The Bertz CT molecular complexity index is 1450. The minimum atomic E-state index is -3.81. The number of rotatable bonds is 9. The van der Waals surface area contributed by atoms with Gasteiger partial charge in [0.15, 0.2) is 0 Å². The largest absolute Gasteiger partial charge is 0.357 e. The smallest absolute Gasteiger partial charge is 0.254 e. The lowest BCUT2D eigenvalue weighted by Crippen LogP contribution is -2.61. The Morgan fingerprint density at radius 2 is 1.50 bits per heavy atom. The highest BCUT2D eigenvalue weighted by molar-refractivity contribution is 7.92. The van der Waals surface area contributed by atoms with Crippen LogP contribution in [0.15, 0.2) is 66.7 Å². The Kier molecular flexibility index (Phi) is 9.04. The topological polar surface area (TPSA) is 98.8 Å². The highest BCUT2D eigenvalue weighted by Crippen LogP contribution is 2.37. The summed E-state index contributed by atoms with van der Waals surface area (Å²) in [6, 6.07) is 16.9. The molecule has 3 aromatic rings. The lowest BCUT2D eigenvalue weighted by atomic mass is 9.93. The number of likely N-dealkylation sites (N-methyl/N-ethyl adjacent to an activating group) is 1. The molecule has 0 saturated carbocycles. The molecule has 1 aliphatic rings. The van der Waals surface area contributed by atoms with Crippen LogP contribution in [-0.2, 0) is 14.8 Å². The molecular formula is C28H29Cl2FN4O4S. The summed E-state index contributed by atoms with van der Waals surface area (Å²) in [5.74, 6) is -2.11. The van der Waals surface area contributed by atoms with Crippen LogP contribution >= 0.6 is 23.2 Å². The number of hydrogen-bond acceptors (Lipinski definition) is 5. The van der Waals surface area contributed by atoms with Crippen LogP contribution in [0, 0.1) is 5.82 Å². The van der Waals surface area contributed by atoms with E-state index in [0.29, 0.717) is 23.1 Å². The molecule has 8 nitrogen and oxygen atoms in total. The molecule has 0 bridgehead atoms. The lowest BCUT2D eigenvalue weighted by Gasteiger charge is -2.48. The Balaban J connectivity index is 1.61. The van der Waals surface area contributed by atoms with Crippen molar-refractivity contribution in [2.45, 2.75) is 25.0 Å². The van der Waals surface area contributed by atoms with Gasteiger partial charge in [0.1, 0.15) is 11.9 Å². The molecule has 12 heteroatoms. The molecule has 0 radical (unpaired) electrons. The fourth-order valence-electron chi connectivity index (χ4n) is 4.81. The monoisotopic (exact) mass is 606 g/mol. The van der Waals surface area contributed by atoms with E-state index in [2.05, 4.69) is 15.5 Å². The van der Waals surface area contributed by atoms with Gasteiger partial charge in [-0.25, -0.2) is 12.8 Å². The number of amides is 2. The van der Waals surface area contributed by atoms with Crippen LogP contribution in [0.4, 0.5) is 10.1 Å². The molecule has 40 heavy (non-hydrogen) atoms. The average molecular weight is 608 g/mol. The summed E-state index contributed by atoms with van der Waals surface area (Å²) < 4.78 is 41.8. The molecule has 1 atom stereocenters. The Hall–Kier alpha value is -3.18. The number of carbonyl (C=O) groups is 2. The van der Waals surface area contributed by atoms with Gasteiger partial charge in [0.25, 0.3) is 5.91 Å². The summed E-state index contributed by atoms with van der Waals surface area (Å²) in [4.78, 5) is 26.7. The average Bonchev–Trinajstić information content (AvgIpc) is 2.88. The third-order valence-corrected chi connectivity index (χ3v) is 8.48. The van der Waals surface area contributed by atoms with E-state index in [-0.39, 0.29) is 17.3 Å². The molecule has 1 aliphatic heterocycles. The van der Waals surface area contributed by atoms with Crippen LogP contribution in [-0.4, -0.2) is 63.6 Å². The second-order valence-electron chi connectivity index (χ2n) is 9.65. The number of halogens is 3. The van der Waals surface area contributed by atoms with Gasteiger partial charge in [-0.1, -0.05) is 47.5 Å². The van der Waals surface area contributed by atoms with Crippen LogP contribution in [0.2, 0.25) is 10.0 Å². The number of likely N-dealkylation sites (tertiary alicyclic amines) is 1. The van der Waals surface area contributed by atoms with Gasteiger partial charge in [-0.3, -0.25) is 18.8 Å². The molecule has 0 aromatic heterocycles. The maximum absolute atomic E-state index is 14.7. The van der Waals surface area contributed by atoms with Crippen molar-refractivity contribution in [3.63, 3.8) is 0 Å². The van der Waals surface area contributed by atoms with Crippen molar-refractivity contribution in [3.05, 3.63) is 99.3 Å². The van der Waals surface area contributed by atoms with E-state index in [1.54, 1.807) is 24.3 Å². The number of hydrogen-bond donors (Lipinski definition) is 2. The first kappa shape index (κ1) is 29.8. The third-order valence-electron chi connectivity index (χ3n) is 6.75. The number of benzene rings is 3. The molecule has 4 rings (SSSR count). The first-order valence-corrected chi connectivity index (χ1v) is 15.1. The Morgan fingerprint density at radius 1 is 0.975 bits per heavy atom. The van der Waals surface area contributed by atoms with Crippen molar-refractivity contribution in [2.75, 3.05) is 30.7 Å². The molecule has 0 aliphatic carbocycles. The molecule has 1 heterocycles. The molecule has 1 saturated heterocycles. The summed E-state index contributed by atoms with van der Waals surface area (Å²) >= 11 is 12.2. The van der Waals surface area contributed by atoms with E-state index >= 15 is 0 Å². The highest BCUT2D eigenvalue weighted by atomic mass is 35.5. The van der Waals surface area contributed by atoms with Gasteiger partial charge in [0, 0.05) is 30.2 Å². The van der Waals surface area contributed by atoms with Gasteiger partial charge < -0.3 is 10.6 Å². The van der Waals surface area contributed by atoms with E-state index in [0.717, 1.165) is 23.4 Å². The van der Waals surface area contributed by atoms with Gasteiger partial charge in [-0.2, -0.15) is 0 Å². The van der Waals surface area contributed by atoms with Crippen molar-refractivity contribution in [1.82, 2.24) is 15.5 Å². The summed E-state index contributed by atoms with van der Waals surface area (Å²) in [7, 11) is -2.39. The number of nitrogens with zero attached hydrogens (tertiary/aromatic N) is 2. The van der Waals surface area contributed by atoms with Gasteiger partial charge in [0.2, 0.25) is 15.9 Å². The Labute approximate surface area is 243 Å². The zero-order chi connectivity index (χ0) is 29.2. The van der Waals surface area contributed by atoms with Crippen LogP contribution in [0.3, 0.4) is 0 Å². The van der Waals surface area contributed by atoms with E-state index in [1.807, 2.05) is 24.3 Å². The predicted molar refractivity (Wildman–Crippen MR) is 155 cm³/mol. The molecule has 0 spiro atoms. The summed E-state index contributed by atoms with van der Waals surface area (Å²) in [6.45, 7) is 2.20. The van der Waals surface area contributed by atoms with Crippen molar-refractivity contribution in [3.8, 4) is 0 Å². The fraction of sp³-hybridized carbons (Fsp3) is 0.286. The van der Waals surface area contributed by atoms with Crippen LogP contribution in [0.1, 0.15) is 34.5 Å². The van der Waals surface area contributed by atoms with E-state index in [1.165, 1.54) is 30.4 Å². The lowest BCUT2D eigenvalue weighted by molar-refractivity contribution is -0.122. The zero-order valence-corrected chi connectivity index (χ0v) is 24.4. The van der Waals surface area contributed by atoms with E-state index in [9.17, 15) is 22.4 Å². The quantitative estimate of drug-likeness (QED) is 0.380. The van der Waals surface area contributed by atoms with Crippen LogP contribution < -0.4 is 14.9 Å². The van der Waals surface area contributed by atoms with Crippen molar-refractivity contribution in [1.29, 1.82) is 0 Å². The second kappa shape index (κ2) is 12.1. The normalized spacial score (nSPS) is 14.9. The van der Waals surface area contributed by atoms with Gasteiger partial charge >= 0.3 is 0 Å². The molecule has 1 fully saturated rings. The van der Waals surface area contributed by atoms with Crippen molar-refractivity contribution < 1.29 is 22.4 Å². The van der Waals surface area contributed by atoms with E-state index < -0.39 is 39.7 Å². The summed E-state index contributed by atoms with van der Waals surface area (Å²) in [5.41, 5.74) is 1.74. The number of carbonyl (C=O) groups excluding carboxylic acids is 2. The minimum absolute atomic E-state index is 0.154. The molecule has 2 amide bonds. The maximum atomic E-state index is 14.7. The fourth-order valence-corrected chi connectivity index (χ4v) is 6.23. The molecule has 2 N–H and O–H groups in total. The van der Waals surface area contributed by atoms with Gasteiger partial charge in [0.05, 0.1) is 29.6 Å². The molecule has 212 valence electrons. The van der Waals surface area contributed by atoms with Crippen LogP contribution in [0.25, 0.3) is 0 Å². The van der Waals surface area contributed by atoms with Gasteiger partial charge in [-0.15, -0.1) is 0 Å². The first-order valence-electron chi connectivity index (χ1n) is 12.5. The number of sulfonamides is 1. The number of nitrogens with one attached hydrogen (secondary N) is 2. The SMILES string of the molecule is CNC(=O)[C@H](C)NC(=O)c1cc(N(C2CN(C(c3ccc(Cl)cc3)c3ccc(Cl)cc3)C2)S(C)(=O)=O)ccc1F. The van der Waals surface area contributed by atoms with Gasteiger partial charge in [-0.05, 0) is 60.5 Å².